The zero-order valence-corrected chi connectivity index (χ0v) is 19.1. The van der Waals surface area contributed by atoms with Gasteiger partial charge < -0.3 is 16.0 Å². The smallest absolute Gasteiger partial charge is 0.256 e. The van der Waals surface area contributed by atoms with Crippen molar-refractivity contribution in [3.8, 4) is 11.4 Å². The number of pyridine rings is 1. The number of carbonyl (C=O) groups is 1. The molecule has 4 aromatic rings. The van der Waals surface area contributed by atoms with Crippen molar-refractivity contribution in [2.45, 2.75) is 25.7 Å². The van der Waals surface area contributed by atoms with Gasteiger partial charge in [0.25, 0.3) is 5.91 Å². The van der Waals surface area contributed by atoms with Gasteiger partial charge in [-0.15, -0.1) is 0 Å². The third kappa shape index (κ3) is 4.22. The first-order chi connectivity index (χ1) is 16.6. The van der Waals surface area contributed by atoms with Crippen LogP contribution in [0.3, 0.4) is 0 Å². The highest BCUT2D eigenvalue weighted by atomic mass is 16.1. The molecule has 0 saturated carbocycles. The summed E-state index contributed by atoms with van der Waals surface area (Å²) in [5.41, 5.74) is 9.72. The molecule has 1 amide bonds. The quantitative estimate of drug-likeness (QED) is 0.466. The number of hydrogen-bond donors (Lipinski definition) is 2. The third-order valence-corrected chi connectivity index (χ3v) is 6.12. The maximum absolute atomic E-state index is 12.6. The van der Waals surface area contributed by atoms with Crippen molar-refractivity contribution >= 4 is 23.2 Å². The molecule has 34 heavy (non-hydrogen) atoms. The van der Waals surface area contributed by atoms with Gasteiger partial charge in [-0.2, -0.15) is 0 Å². The van der Waals surface area contributed by atoms with Gasteiger partial charge in [0, 0.05) is 42.5 Å². The molecule has 1 fully saturated rings. The highest BCUT2D eigenvalue weighted by molar-refractivity contribution is 6.04. The summed E-state index contributed by atoms with van der Waals surface area (Å²) >= 11 is 0. The summed E-state index contributed by atoms with van der Waals surface area (Å²) in [5.74, 6) is 1.73. The van der Waals surface area contributed by atoms with Gasteiger partial charge in [0.15, 0.2) is 0 Å². The van der Waals surface area contributed by atoms with E-state index in [9.17, 15) is 4.79 Å². The Morgan fingerprint density at radius 1 is 1.12 bits per heavy atom. The fraction of sp³-hybridized carbons (Fsp3) is 0.231. The summed E-state index contributed by atoms with van der Waals surface area (Å²) in [5, 5.41) is 2.81. The fourth-order valence-corrected chi connectivity index (χ4v) is 4.55. The minimum Gasteiger partial charge on any atom is -0.377 e. The molecular formula is C26H27N7O. The highest BCUT2D eigenvalue weighted by Gasteiger charge is 2.26. The first-order valence-electron chi connectivity index (χ1n) is 11.5. The zero-order chi connectivity index (χ0) is 23.5. The van der Waals surface area contributed by atoms with Crippen LogP contribution < -0.4 is 11.1 Å². The van der Waals surface area contributed by atoms with Crippen LogP contribution in [0, 0.1) is 0 Å². The van der Waals surface area contributed by atoms with Gasteiger partial charge in [-0.1, -0.05) is 24.3 Å². The number of aromatic nitrogens is 4. The Morgan fingerprint density at radius 3 is 2.74 bits per heavy atom. The molecule has 1 saturated heterocycles. The molecule has 1 aliphatic heterocycles. The van der Waals surface area contributed by atoms with Gasteiger partial charge in [0.2, 0.25) is 5.95 Å². The summed E-state index contributed by atoms with van der Waals surface area (Å²) in [4.78, 5) is 28.5. The summed E-state index contributed by atoms with van der Waals surface area (Å²) in [6, 6.07) is 14.7. The highest BCUT2D eigenvalue weighted by Crippen LogP contribution is 2.33. The first-order valence-corrected chi connectivity index (χ1v) is 11.5. The van der Waals surface area contributed by atoms with Crippen LogP contribution in [0.15, 0.2) is 73.2 Å². The Kier molecular flexibility index (Phi) is 5.95. The van der Waals surface area contributed by atoms with Crippen molar-refractivity contribution in [2.75, 3.05) is 24.1 Å². The lowest BCUT2D eigenvalue weighted by atomic mass is 9.94. The largest absolute Gasteiger partial charge is 0.377 e. The lowest BCUT2D eigenvalue weighted by molar-refractivity contribution is 0.102. The van der Waals surface area contributed by atoms with E-state index in [1.54, 1.807) is 36.7 Å². The van der Waals surface area contributed by atoms with Gasteiger partial charge >= 0.3 is 0 Å². The third-order valence-electron chi connectivity index (χ3n) is 6.12. The van der Waals surface area contributed by atoms with E-state index in [-0.39, 0.29) is 5.91 Å². The lowest BCUT2D eigenvalue weighted by Crippen LogP contribution is -2.30. The molecule has 1 aromatic carbocycles. The molecule has 172 valence electrons. The Morgan fingerprint density at radius 2 is 1.97 bits per heavy atom. The number of nitrogens with two attached hydrogens (primary N) is 1. The van der Waals surface area contributed by atoms with Crippen LogP contribution in [0.4, 0.5) is 11.8 Å². The molecule has 3 aromatic heterocycles. The number of benzene rings is 1. The summed E-state index contributed by atoms with van der Waals surface area (Å²) in [6.07, 6.45) is 9.79. The monoisotopic (exact) mass is 453 g/mol. The number of fused-ring (bicyclic) bond motifs is 1. The molecule has 0 bridgehead atoms. The van der Waals surface area contributed by atoms with E-state index in [0.717, 1.165) is 48.5 Å². The van der Waals surface area contributed by atoms with Gasteiger partial charge in [-0.25, -0.2) is 15.0 Å². The number of likely N-dealkylation sites (tertiary alicyclic amines) is 1. The maximum atomic E-state index is 12.6. The summed E-state index contributed by atoms with van der Waals surface area (Å²) in [7, 11) is 0. The Labute approximate surface area is 198 Å². The number of anilines is 2. The maximum Gasteiger partial charge on any atom is 0.256 e. The predicted octanol–water partition coefficient (Wildman–Crippen LogP) is 4.34. The predicted molar refractivity (Wildman–Crippen MR) is 133 cm³/mol. The second kappa shape index (κ2) is 9.35. The molecule has 3 N–H and O–H groups in total. The van der Waals surface area contributed by atoms with Crippen molar-refractivity contribution in [3.63, 3.8) is 0 Å². The number of carbonyl (C=O) groups excluding carboxylic acids is 1. The van der Waals surface area contributed by atoms with Gasteiger partial charge in [-0.05, 0) is 56.3 Å². The van der Waals surface area contributed by atoms with E-state index < -0.39 is 0 Å². The Hall–Kier alpha value is -4.20. The molecule has 0 aliphatic carbocycles. The summed E-state index contributed by atoms with van der Waals surface area (Å²) < 4.78 is 1.91. The van der Waals surface area contributed by atoms with Crippen molar-refractivity contribution < 1.29 is 4.79 Å². The molecule has 0 radical (unpaired) electrons. The number of nitrogens with one attached hydrogen (secondary N) is 1. The topological polar surface area (TPSA) is 101 Å². The standard InChI is InChI=1S/C26H27N7O/c1-2-15-32-16-5-6-20(17-32)23-21-12-14-29-26(27)33(21)24(31-23)18-8-10-19(11-9-18)25(34)30-22-7-3-4-13-28-22/h2-4,7-15,20H,5-6,16-17H2,1H3,(H2,27,29)(H,28,30,34)/t20-/m0/s1. The van der Waals surface area contributed by atoms with Crippen LogP contribution >= 0.6 is 0 Å². The van der Waals surface area contributed by atoms with E-state index in [4.69, 9.17) is 10.7 Å². The fourth-order valence-electron chi connectivity index (χ4n) is 4.55. The molecule has 8 nitrogen and oxygen atoms in total. The SMILES string of the molecule is CC=CN1CCC[C@H](c2nc(-c3ccc(C(=O)Nc4ccccn4)cc3)n3c(N)nccc23)C1. The number of imidazole rings is 1. The molecular weight excluding hydrogens is 426 g/mol. The number of piperidine rings is 1. The average Bonchev–Trinajstić information content (AvgIpc) is 3.26. The Bertz CT molecular complexity index is 1330. The first kappa shape index (κ1) is 21.6. The van der Waals surface area contributed by atoms with Crippen LogP contribution in [0.1, 0.15) is 41.7 Å². The second-order valence-electron chi connectivity index (χ2n) is 8.41. The van der Waals surface area contributed by atoms with Crippen molar-refractivity contribution in [1.29, 1.82) is 0 Å². The zero-order valence-electron chi connectivity index (χ0n) is 19.1. The molecule has 1 atom stereocenters. The van der Waals surface area contributed by atoms with Crippen LogP contribution in [-0.4, -0.2) is 43.2 Å². The van der Waals surface area contributed by atoms with Crippen molar-refractivity contribution in [2.24, 2.45) is 0 Å². The van der Waals surface area contributed by atoms with E-state index in [1.165, 1.54) is 0 Å². The van der Waals surface area contributed by atoms with Gasteiger partial charge in [0.1, 0.15) is 11.6 Å². The Balaban J connectivity index is 1.47. The molecule has 5 rings (SSSR count). The van der Waals surface area contributed by atoms with Gasteiger partial charge in [0.05, 0.1) is 11.2 Å². The minimum atomic E-state index is -0.216. The van der Waals surface area contributed by atoms with E-state index >= 15 is 0 Å². The number of nitrogen functional groups attached to an aromatic ring is 1. The number of rotatable bonds is 5. The number of amides is 1. The van der Waals surface area contributed by atoms with Gasteiger partial charge in [-0.3, -0.25) is 9.20 Å². The van der Waals surface area contributed by atoms with E-state index in [2.05, 4.69) is 32.5 Å². The van der Waals surface area contributed by atoms with Crippen molar-refractivity contribution in [1.82, 2.24) is 24.3 Å². The normalized spacial score (nSPS) is 16.3. The summed E-state index contributed by atoms with van der Waals surface area (Å²) in [6.45, 7) is 4.02. The van der Waals surface area contributed by atoms with Crippen LogP contribution in [0.25, 0.3) is 16.9 Å². The number of nitrogens with zero attached hydrogens (tertiary/aromatic N) is 5. The van der Waals surface area contributed by atoms with Crippen LogP contribution in [0.5, 0.6) is 0 Å². The average molecular weight is 454 g/mol. The molecule has 4 heterocycles. The number of hydrogen-bond acceptors (Lipinski definition) is 6. The molecule has 1 aliphatic rings. The van der Waals surface area contributed by atoms with Crippen LogP contribution in [-0.2, 0) is 0 Å². The van der Waals surface area contributed by atoms with E-state index in [1.807, 2.05) is 35.6 Å². The number of allylic oxidation sites excluding steroid dienone is 1. The molecule has 0 unspecified atom stereocenters. The minimum absolute atomic E-state index is 0.216. The molecule has 0 spiro atoms. The van der Waals surface area contributed by atoms with Crippen molar-refractivity contribution in [3.05, 3.63) is 84.5 Å². The lowest BCUT2D eigenvalue weighted by Gasteiger charge is -2.31. The van der Waals surface area contributed by atoms with Crippen LogP contribution in [0.2, 0.25) is 0 Å². The molecule has 8 heteroatoms. The second-order valence-corrected chi connectivity index (χ2v) is 8.41. The van der Waals surface area contributed by atoms with E-state index in [0.29, 0.717) is 23.2 Å².